The van der Waals surface area contributed by atoms with Crippen LogP contribution in [-0.4, -0.2) is 45.2 Å². The zero-order valence-electron chi connectivity index (χ0n) is 12.5. The average Bonchev–Trinajstić information content (AvgIpc) is 3.12. The Kier molecular flexibility index (Phi) is 4.05. The maximum atomic E-state index is 11.6. The fourth-order valence-electron chi connectivity index (χ4n) is 2.98. The van der Waals surface area contributed by atoms with Crippen molar-refractivity contribution in [3.63, 3.8) is 0 Å². The summed E-state index contributed by atoms with van der Waals surface area (Å²) in [6, 6.07) is 7.53. The molecule has 1 aliphatic rings. The zero-order chi connectivity index (χ0) is 15.8. The fourth-order valence-corrected chi connectivity index (χ4v) is 2.98. The van der Waals surface area contributed by atoms with Crippen LogP contribution in [0.2, 0.25) is 0 Å². The number of carbonyl (C=O) groups is 2. The largest absolute Gasteiger partial charge is 0.480 e. The number of benzene rings is 1. The van der Waals surface area contributed by atoms with Gasteiger partial charge in [-0.2, -0.15) is 0 Å². The molecule has 2 rings (SSSR count). The van der Waals surface area contributed by atoms with Gasteiger partial charge >= 0.3 is 11.9 Å². The number of hydrogen-bond donors (Lipinski definition) is 2. The maximum Gasteiger partial charge on any atom is 0.322 e. The standard InChI is InChI=1S/C16H21NO4/c1-16(2,3)13-12(15(20)21)17(13)11(14(18)19)9-10-7-5-4-6-8-10/h4-8,11-13H,9H2,1-3H3,(H,18,19)(H,20,21)/t11?,12-,13?,17?/m0/s1. The van der Waals surface area contributed by atoms with Gasteiger partial charge in [-0.1, -0.05) is 51.1 Å². The molecule has 1 aliphatic heterocycles. The molecule has 0 spiro atoms. The van der Waals surface area contributed by atoms with Crippen LogP contribution in [-0.2, 0) is 16.0 Å². The highest BCUT2D eigenvalue weighted by Crippen LogP contribution is 2.44. The Labute approximate surface area is 124 Å². The second-order valence-corrected chi connectivity index (χ2v) is 6.58. The van der Waals surface area contributed by atoms with Gasteiger partial charge in [-0.25, -0.2) is 0 Å². The number of aliphatic carboxylic acids is 2. The number of carboxylic acids is 2. The Balaban J connectivity index is 2.23. The third-order valence-corrected chi connectivity index (χ3v) is 3.91. The Morgan fingerprint density at radius 3 is 2.14 bits per heavy atom. The Hall–Kier alpha value is -1.88. The molecule has 0 saturated carbocycles. The summed E-state index contributed by atoms with van der Waals surface area (Å²) in [4.78, 5) is 24.6. The van der Waals surface area contributed by atoms with Crippen LogP contribution in [0, 0.1) is 5.41 Å². The lowest BCUT2D eigenvalue weighted by molar-refractivity contribution is -0.142. The van der Waals surface area contributed by atoms with E-state index < -0.39 is 24.0 Å². The molecule has 0 bridgehead atoms. The molecule has 1 heterocycles. The minimum absolute atomic E-state index is 0.250. The van der Waals surface area contributed by atoms with Gasteiger partial charge < -0.3 is 10.2 Å². The number of carboxylic acid groups (broad SMARTS) is 2. The molecule has 3 unspecified atom stereocenters. The predicted molar refractivity (Wildman–Crippen MR) is 78.1 cm³/mol. The minimum atomic E-state index is -0.975. The van der Waals surface area contributed by atoms with Crippen molar-refractivity contribution in [3.05, 3.63) is 35.9 Å². The van der Waals surface area contributed by atoms with Crippen LogP contribution in [0.4, 0.5) is 0 Å². The van der Waals surface area contributed by atoms with Crippen LogP contribution in [0.1, 0.15) is 26.3 Å². The molecule has 21 heavy (non-hydrogen) atoms. The van der Waals surface area contributed by atoms with Gasteiger partial charge in [0.05, 0.1) is 0 Å². The minimum Gasteiger partial charge on any atom is -0.480 e. The van der Waals surface area contributed by atoms with Gasteiger partial charge in [0.1, 0.15) is 12.1 Å². The fraction of sp³-hybridized carbons (Fsp3) is 0.500. The lowest BCUT2D eigenvalue weighted by Crippen LogP contribution is -2.35. The smallest absolute Gasteiger partial charge is 0.322 e. The second kappa shape index (κ2) is 5.48. The topological polar surface area (TPSA) is 77.6 Å². The van der Waals surface area contributed by atoms with Gasteiger partial charge in [-0.15, -0.1) is 0 Å². The zero-order valence-corrected chi connectivity index (χ0v) is 12.5. The van der Waals surface area contributed by atoms with Crippen LogP contribution in [0.3, 0.4) is 0 Å². The molecule has 114 valence electrons. The van der Waals surface area contributed by atoms with E-state index in [1.54, 1.807) is 4.90 Å². The number of nitrogens with zero attached hydrogens (tertiary/aromatic N) is 1. The molecule has 1 aromatic rings. The molecule has 0 radical (unpaired) electrons. The second-order valence-electron chi connectivity index (χ2n) is 6.58. The molecule has 0 aromatic heterocycles. The summed E-state index contributed by atoms with van der Waals surface area (Å²) in [6.45, 7) is 5.82. The summed E-state index contributed by atoms with van der Waals surface area (Å²) in [5, 5.41) is 18.8. The van der Waals surface area contributed by atoms with Gasteiger partial charge in [-0.3, -0.25) is 14.5 Å². The lowest BCUT2D eigenvalue weighted by atomic mass is 9.89. The molecular weight excluding hydrogens is 270 g/mol. The normalized spacial score (nSPS) is 26.1. The van der Waals surface area contributed by atoms with E-state index in [4.69, 9.17) is 0 Å². The summed E-state index contributed by atoms with van der Waals surface area (Å²) < 4.78 is 0. The monoisotopic (exact) mass is 291 g/mol. The first-order valence-electron chi connectivity index (χ1n) is 7.00. The molecule has 4 atom stereocenters. The highest BCUT2D eigenvalue weighted by atomic mass is 16.4. The van der Waals surface area contributed by atoms with Gasteiger partial charge in [0.25, 0.3) is 0 Å². The first-order chi connectivity index (χ1) is 9.73. The molecule has 5 nitrogen and oxygen atoms in total. The van der Waals surface area contributed by atoms with Crippen LogP contribution < -0.4 is 0 Å². The molecule has 0 amide bonds. The highest BCUT2D eigenvalue weighted by Gasteiger charge is 2.61. The first kappa shape index (κ1) is 15.5. The van der Waals surface area contributed by atoms with Crippen molar-refractivity contribution >= 4 is 11.9 Å². The third-order valence-electron chi connectivity index (χ3n) is 3.91. The molecule has 1 saturated heterocycles. The van der Waals surface area contributed by atoms with Gasteiger partial charge in [-0.05, 0) is 17.4 Å². The molecule has 1 aromatic carbocycles. The van der Waals surface area contributed by atoms with E-state index in [1.165, 1.54) is 0 Å². The van der Waals surface area contributed by atoms with Crippen molar-refractivity contribution in [1.82, 2.24) is 4.90 Å². The number of rotatable bonds is 5. The van der Waals surface area contributed by atoms with Gasteiger partial charge in [0.2, 0.25) is 0 Å². The quantitative estimate of drug-likeness (QED) is 0.810. The Bertz CT molecular complexity index is 535. The third kappa shape index (κ3) is 3.24. The van der Waals surface area contributed by atoms with E-state index in [-0.39, 0.29) is 11.5 Å². The molecular formula is C16H21NO4. The summed E-state index contributed by atoms with van der Waals surface area (Å²) >= 11 is 0. The summed E-state index contributed by atoms with van der Waals surface area (Å²) in [7, 11) is 0. The molecule has 5 heteroatoms. The summed E-state index contributed by atoms with van der Waals surface area (Å²) in [5.41, 5.74) is 0.626. The average molecular weight is 291 g/mol. The van der Waals surface area contributed by atoms with Crippen molar-refractivity contribution in [2.24, 2.45) is 5.41 Å². The van der Waals surface area contributed by atoms with E-state index in [0.29, 0.717) is 6.42 Å². The predicted octanol–water partition coefficient (Wildman–Crippen LogP) is 1.87. The first-order valence-corrected chi connectivity index (χ1v) is 7.00. The Morgan fingerprint density at radius 2 is 1.76 bits per heavy atom. The van der Waals surface area contributed by atoms with E-state index in [1.807, 2.05) is 51.1 Å². The molecule has 1 fully saturated rings. The van der Waals surface area contributed by atoms with Crippen molar-refractivity contribution in [3.8, 4) is 0 Å². The maximum absolute atomic E-state index is 11.6. The lowest BCUT2D eigenvalue weighted by Gasteiger charge is -2.21. The van der Waals surface area contributed by atoms with Crippen LogP contribution in [0.15, 0.2) is 30.3 Å². The summed E-state index contributed by atoms with van der Waals surface area (Å²) in [5.74, 6) is -1.92. The van der Waals surface area contributed by atoms with E-state index in [9.17, 15) is 19.8 Å². The molecule has 2 N–H and O–H groups in total. The van der Waals surface area contributed by atoms with Crippen LogP contribution >= 0.6 is 0 Å². The van der Waals surface area contributed by atoms with E-state index >= 15 is 0 Å². The molecule has 0 aliphatic carbocycles. The number of hydrogen-bond acceptors (Lipinski definition) is 3. The van der Waals surface area contributed by atoms with Gasteiger partial charge in [0, 0.05) is 6.04 Å². The van der Waals surface area contributed by atoms with Crippen LogP contribution in [0.5, 0.6) is 0 Å². The van der Waals surface area contributed by atoms with Crippen LogP contribution in [0.25, 0.3) is 0 Å². The Morgan fingerprint density at radius 1 is 1.19 bits per heavy atom. The summed E-state index contributed by atoms with van der Waals surface area (Å²) in [6.07, 6.45) is 0.312. The van der Waals surface area contributed by atoms with Crippen molar-refractivity contribution in [2.75, 3.05) is 0 Å². The van der Waals surface area contributed by atoms with Crippen molar-refractivity contribution < 1.29 is 19.8 Å². The van der Waals surface area contributed by atoms with E-state index in [0.717, 1.165) is 5.56 Å². The van der Waals surface area contributed by atoms with E-state index in [2.05, 4.69) is 0 Å². The van der Waals surface area contributed by atoms with Crippen molar-refractivity contribution in [1.29, 1.82) is 0 Å². The van der Waals surface area contributed by atoms with Gasteiger partial charge in [0.15, 0.2) is 0 Å². The SMILES string of the molecule is CC(C)(C)C1[C@@H](C(=O)O)N1C(Cc1ccccc1)C(=O)O. The highest BCUT2D eigenvalue weighted by molar-refractivity contribution is 5.82. The van der Waals surface area contributed by atoms with Crippen molar-refractivity contribution in [2.45, 2.75) is 45.3 Å².